The average molecular weight is 376 g/mol. The molecule has 28 heavy (non-hydrogen) atoms. The van der Waals surface area contributed by atoms with Crippen LogP contribution in [-0.4, -0.2) is 36.5 Å². The van der Waals surface area contributed by atoms with Gasteiger partial charge in [-0.3, -0.25) is 4.79 Å². The quantitative estimate of drug-likeness (QED) is 0.695. The van der Waals surface area contributed by atoms with Crippen LogP contribution in [0.25, 0.3) is 11.0 Å². The highest BCUT2D eigenvalue weighted by molar-refractivity contribution is 5.96. The van der Waals surface area contributed by atoms with Crippen molar-refractivity contribution >= 4 is 16.9 Å². The van der Waals surface area contributed by atoms with Crippen molar-refractivity contribution in [2.45, 2.75) is 25.3 Å². The van der Waals surface area contributed by atoms with E-state index in [4.69, 9.17) is 4.42 Å². The van der Waals surface area contributed by atoms with E-state index in [-0.39, 0.29) is 17.5 Å². The number of rotatable bonds is 5. The Morgan fingerprint density at radius 1 is 1.11 bits per heavy atom. The van der Waals surface area contributed by atoms with Crippen molar-refractivity contribution in [3.63, 3.8) is 0 Å². The third-order valence-electron chi connectivity index (χ3n) is 5.29. The maximum absolute atomic E-state index is 12.7. The summed E-state index contributed by atoms with van der Waals surface area (Å²) in [6.45, 7) is 2.81. The third kappa shape index (κ3) is 4.31. The molecule has 2 aromatic carbocycles. The number of amides is 1. The van der Waals surface area contributed by atoms with Crippen molar-refractivity contribution in [3.8, 4) is 0 Å². The molecule has 0 unspecified atom stereocenters. The number of likely N-dealkylation sites (tertiary alicyclic amines) is 1. The predicted octanol–water partition coefficient (Wildman–Crippen LogP) is 3.23. The van der Waals surface area contributed by atoms with E-state index in [9.17, 15) is 9.59 Å². The van der Waals surface area contributed by atoms with E-state index >= 15 is 0 Å². The van der Waals surface area contributed by atoms with Crippen LogP contribution >= 0.6 is 0 Å². The fraction of sp³-hybridized carbons (Fsp3) is 0.304. The Hall–Kier alpha value is -2.92. The lowest BCUT2D eigenvalue weighted by Gasteiger charge is -2.33. The summed E-state index contributed by atoms with van der Waals surface area (Å²) in [4.78, 5) is 27.3. The van der Waals surface area contributed by atoms with E-state index in [0.29, 0.717) is 5.58 Å². The Morgan fingerprint density at radius 2 is 1.89 bits per heavy atom. The van der Waals surface area contributed by atoms with E-state index in [0.717, 1.165) is 44.3 Å². The zero-order valence-electron chi connectivity index (χ0n) is 15.8. The molecule has 5 nitrogen and oxygen atoms in total. The zero-order chi connectivity index (χ0) is 19.3. The van der Waals surface area contributed by atoms with Crippen LogP contribution in [0, 0.1) is 0 Å². The topological polar surface area (TPSA) is 62.6 Å². The van der Waals surface area contributed by atoms with Gasteiger partial charge in [0.05, 0.1) is 0 Å². The van der Waals surface area contributed by atoms with Crippen molar-refractivity contribution < 1.29 is 9.21 Å². The lowest BCUT2D eigenvalue weighted by Crippen LogP contribution is -2.48. The molecule has 0 saturated carbocycles. The minimum atomic E-state index is -0.590. The molecule has 4 rings (SSSR count). The number of hydrogen-bond donors (Lipinski definition) is 1. The lowest BCUT2D eigenvalue weighted by atomic mass is 10.0. The van der Waals surface area contributed by atoms with Gasteiger partial charge in [-0.1, -0.05) is 48.5 Å². The van der Waals surface area contributed by atoms with Crippen molar-refractivity contribution in [1.82, 2.24) is 10.2 Å². The summed E-state index contributed by atoms with van der Waals surface area (Å²) in [7, 11) is 0. The second kappa shape index (κ2) is 8.40. The van der Waals surface area contributed by atoms with Gasteiger partial charge < -0.3 is 14.6 Å². The normalized spacial score (nSPS) is 17.5. The minimum absolute atomic E-state index is 0.0443. The van der Waals surface area contributed by atoms with Gasteiger partial charge in [-0.2, -0.15) is 0 Å². The highest BCUT2D eigenvalue weighted by atomic mass is 16.4. The van der Waals surface area contributed by atoms with Crippen LogP contribution in [0.2, 0.25) is 0 Å². The van der Waals surface area contributed by atoms with Crippen LogP contribution in [0.5, 0.6) is 0 Å². The van der Waals surface area contributed by atoms with Crippen LogP contribution in [0.1, 0.15) is 28.8 Å². The van der Waals surface area contributed by atoms with Crippen LogP contribution in [0.15, 0.2) is 69.9 Å². The SMILES string of the molecule is O=C(N[C@H]1CCCN(CCc2ccccc2)C1)c1cc2ccccc2oc1=O. The maximum atomic E-state index is 12.7. The molecule has 3 aromatic rings. The number of fused-ring (bicyclic) bond motifs is 1. The van der Waals surface area contributed by atoms with Gasteiger partial charge in [0, 0.05) is 24.5 Å². The molecule has 2 heterocycles. The monoisotopic (exact) mass is 376 g/mol. The first-order chi connectivity index (χ1) is 13.7. The first kappa shape index (κ1) is 18.4. The van der Waals surface area contributed by atoms with Crippen molar-refractivity contribution in [2.24, 2.45) is 0 Å². The second-order valence-electron chi connectivity index (χ2n) is 7.33. The van der Waals surface area contributed by atoms with E-state index in [1.54, 1.807) is 18.2 Å². The summed E-state index contributed by atoms with van der Waals surface area (Å²) < 4.78 is 5.28. The molecule has 1 amide bonds. The molecule has 0 bridgehead atoms. The van der Waals surface area contributed by atoms with Gasteiger partial charge in [0.15, 0.2) is 0 Å². The minimum Gasteiger partial charge on any atom is -0.422 e. The molecule has 144 valence electrons. The second-order valence-corrected chi connectivity index (χ2v) is 7.33. The first-order valence-electron chi connectivity index (χ1n) is 9.79. The van der Waals surface area contributed by atoms with Gasteiger partial charge in [0.1, 0.15) is 11.1 Å². The molecular formula is C23H24N2O3. The number of nitrogens with zero attached hydrogens (tertiary/aromatic N) is 1. The molecule has 1 atom stereocenters. The van der Waals surface area contributed by atoms with Gasteiger partial charge in [0.2, 0.25) is 0 Å². The summed E-state index contributed by atoms with van der Waals surface area (Å²) in [6, 6.07) is 19.3. The highest BCUT2D eigenvalue weighted by Crippen LogP contribution is 2.14. The van der Waals surface area contributed by atoms with Crippen LogP contribution in [0.4, 0.5) is 0 Å². The van der Waals surface area contributed by atoms with Gasteiger partial charge in [-0.25, -0.2) is 4.79 Å². The molecule has 0 spiro atoms. The standard InChI is InChI=1S/C23H24N2O3/c26-22(20-15-18-9-4-5-11-21(18)28-23(20)27)24-19-10-6-13-25(16-19)14-12-17-7-2-1-3-8-17/h1-5,7-9,11,15,19H,6,10,12-14,16H2,(H,24,26)/t19-/m0/s1. The Labute approximate surface area is 164 Å². The number of nitrogens with one attached hydrogen (secondary N) is 1. The number of hydrogen-bond acceptors (Lipinski definition) is 4. The summed E-state index contributed by atoms with van der Waals surface area (Å²) in [6.07, 6.45) is 2.95. The molecule has 0 aliphatic carbocycles. The van der Waals surface area contributed by atoms with E-state index < -0.39 is 5.63 Å². The zero-order valence-corrected chi connectivity index (χ0v) is 15.8. The van der Waals surface area contributed by atoms with Gasteiger partial charge in [0.25, 0.3) is 5.91 Å². The van der Waals surface area contributed by atoms with Crippen LogP contribution in [0.3, 0.4) is 0 Å². The number of carbonyl (C=O) groups is 1. The number of piperidine rings is 1. The largest absolute Gasteiger partial charge is 0.422 e. The molecule has 1 fully saturated rings. The van der Waals surface area contributed by atoms with Gasteiger partial charge >= 0.3 is 5.63 Å². The average Bonchev–Trinajstić information content (AvgIpc) is 2.73. The van der Waals surface area contributed by atoms with Crippen LogP contribution < -0.4 is 10.9 Å². The summed E-state index contributed by atoms with van der Waals surface area (Å²) >= 11 is 0. The molecule has 0 radical (unpaired) electrons. The fourth-order valence-electron chi connectivity index (χ4n) is 3.79. The van der Waals surface area contributed by atoms with E-state index in [2.05, 4.69) is 34.5 Å². The van der Waals surface area contributed by atoms with E-state index in [1.165, 1.54) is 5.56 Å². The van der Waals surface area contributed by atoms with Crippen LogP contribution in [-0.2, 0) is 6.42 Å². The molecule has 1 N–H and O–H groups in total. The highest BCUT2D eigenvalue weighted by Gasteiger charge is 2.23. The van der Waals surface area contributed by atoms with Crippen molar-refractivity contribution in [1.29, 1.82) is 0 Å². The Bertz CT molecular complexity index is 1010. The molecule has 5 heteroatoms. The number of benzene rings is 2. The lowest BCUT2D eigenvalue weighted by molar-refractivity contribution is 0.0900. The Kier molecular flexibility index (Phi) is 5.53. The maximum Gasteiger partial charge on any atom is 0.349 e. The van der Waals surface area contributed by atoms with Gasteiger partial charge in [-0.15, -0.1) is 0 Å². The van der Waals surface area contributed by atoms with Crippen molar-refractivity contribution in [2.75, 3.05) is 19.6 Å². The Balaban J connectivity index is 1.39. The summed E-state index contributed by atoms with van der Waals surface area (Å²) in [5.74, 6) is -0.352. The molecule has 1 aliphatic heterocycles. The molecule has 1 saturated heterocycles. The van der Waals surface area contributed by atoms with Crippen molar-refractivity contribution in [3.05, 3.63) is 82.2 Å². The molecule has 1 aliphatic rings. The van der Waals surface area contributed by atoms with Gasteiger partial charge in [-0.05, 0) is 43.5 Å². The molecular weight excluding hydrogens is 352 g/mol. The summed E-state index contributed by atoms with van der Waals surface area (Å²) in [5.41, 5.74) is 1.30. The fourth-order valence-corrected chi connectivity index (χ4v) is 3.79. The molecule has 1 aromatic heterocycles. The first-order valence-corrected chi connectivity index (χ1v) is 9.79. The number of carbonyl (C=O) groups excluding carboxylic acids is 1. The smallest absolute Gasteiger partial charge is 0.349 e. The summed E-state index contributed by atoms with van der Waals surface area (Å²) in [5, 5.41) is 3.78. The number of para-hydroxylation sites is 1. The third-order valence-corrected chi connectivity index (χ3v) is 5.29. The predicted molar refractivity (Wildman–Crippen MR) is 110 cm³/mol. The Morgan fingerprint density at radius 3 is 2.75 bits per heavy atom. The van der Waals surface area contributed by atoms with E-state index in [1.807, 2.05) is 18.2 Å².